The highest BCUT2D eigenvalue weighted by atomic mass is 16.5. The van der Waals surface area contributed by atoms with Gasteiger partial charge in [-0.25, -0.2) is 0 Å². The second-order valence-corrected chi connectivity index (χ2v) is 15.3. The van der Waals surface area contributed by atoms with Crippen molar-refractivity contribution in [3.8, 4) is 0 Å². The van der Waals surface area contributed by atoms with E-state index >= 15 is 0 Å². The fourth-order valence-electron chi connectivity index (χ4n) is 6.41. The van der Waals surface area contributed by atoms with E-state index in [0.29, 0.717) is 25.0 Å². The van der Waals surface area contributed by atoms with Crippen LogP contribution in [0.4, 0.5) is 0 Å². The van der Waals surface area contributed by atoms with Crippen LogP contribution in [0.25, 0.3) is 0 Å². The standard InChI is InChI=1S/C44H71NO5/c1-35(2)33-39-19-23-41(24-20-39)37(5)43(47)49-31-17-11-7-9-13-27-45(29-15-16-30-46)28-14-10-8-12-18-32-50-44(48)38(6)42-25-21-40(22-26-42)34-36(3)4/h19-26,35-38,46H,7-18,27-34H2,1-6H3. The molecule has 0 spiro atoms. The van der Waals surface area contributed by atoms with Crippen LogP contribution in [0.3, 0.4) is 0 Å². The summed E-state index contributed by atoms with van der Waals surface area (Å²) in [6.45, 7) is 17.2. The van der Waals surface area contributed by atoms with E-state index in [-0.39, 0.29) is 30.4 Å². The van der Waals surface area contributed by atoms with Crippen molar-refractivity contribution in [2.24, 2.45) is 11.8 Å². The fraction of sp³-hybridized carbons (Fsp3) is 0.682. The molecule has 6 nitrogen and oxygen atoms in total. The molecule has 0 aliphatic carbocycles. The average molecular weight is 694 g/mol. The number of unbranched alkanes of at least 4 members (excludes halogenated alkanes) is 9. The Morgan fingerprint density at radius 1 is 0.520 bits per heavy atom. The van der Waals surface area contributed by atoms with Gasteiger partial charge in [0, 0.05) is 6.61 Å². The van der Waals surface area contributed by atoms with E-state index < -0.39 is 0 Å². The van der Waals surface area contributed by atoms with Gasteiger partial charge in [-0.2, -0.15) is 0 Å². The van der Waals surface area contributed by atoms with Crippen molar-refractivity contribution in [1.29, 1.82) is 0 Å². The summed E-state index contributed by atoms with van der Waals surface area (Å²) in [6, 6.07) is 16.8. The number of ether oxygens (including phenoxy) is 2. The smallest absolute Gasteiger partial charge is 0.313 e. The first-order chi connectivity index (χ1) is 24.1. The molecule has 2 unspecified atom stereocenters. The lowest BCUT2D eigenvalue weighted by molar-refractivity contribution is -0.146. The highest BCUT2D eigenvalue weighted by molar-refractivity contribution is 5.78. The first-order valence-electron chi connectivity index (χ1n) is 19.9. The predicted octanol–water partition coefficient (Wildman–Crippen LogP) is 10.1. The molecule has 0 saturated carbocycles. The minimum atomic E-state index is -0.234. The first kappa shape index (κ1) is 43.5. The SMILES string of the molecule is CC(C)Cc1ccc(C(C)C(=O)OCCCCCCCN(CCCCO)CCCCCCCOC(=O)C(C)c2ccc(CC(C)C)cc2)cc1. The molecule has 1 N–H and O–H groups in total. The molecule has 2 aromatic rings. The van der Waals surface area contributed by atoms with E-state index in [9.17, 15) is 14.7 Å². The number of carbonyl (C=O) groups excluding carboxylic acids is 2. The molecule has 0 bridgehead atoms. The Bertz CT molecular complexity index is 1070. The molecule has 0 aliphatic rings. The second kappa shape index (κ2) is 26.1. The number of aliphatic hydroxyl groups excluding tert-OH is 1. The van der Waals surface area contributed by atoms with E-state index in [2.05, 4.69) is 81.1 Å². The van der Waals surface area contributed by atoms with Gasteiger partial charge in [0.1, 0.15) is 0 Å². The molecule has 2 aromatic carbocycles. The molecule has 0 heterocycles. The van der Waals surface area contributed by atoms with Crippen LogP contribution >= 0.6 is 0 Å². The maximum Gasteiger partial charge on any atom is 0.313 e. The van der Waals surface area contributed by atoms with Gasteiger partial charge < -0.3 is 19.5 Å². The van der Waals surface area contributed by atoms with Crippen LogP contribution in [0.5, 0.6) is 0 Å². The third kappa shape index (κ3) is 19.1. The third-order valence-corrected chi connectivity index (χ3v) is 9.56. The van der Waals surface area contributed by atoms with Gasteiger partial charge in [0.2, 0.25) is 0 Å². The number of hydrogen-bond acceptors (Lipinski definition) is 6. The molecular weight excluding hydrogens is 622 g/mol. The van der Waals surface area contributed by atoms with Crippen LogP contribution in [0.15, 0.2) is 48.5 Å². The number of aliphatic hydroxyl groups is 1. The first-order valence-corrected chi connectivity index (χ1v) is 19.9. The maximum absolute atomic E-state index is 12.6. The lowest BCUT2D eigenvalue weighted by atomic mass is 9.97. The van der Waals surface area contributed by atoms with Gasteiger partial charge in [0.25, 0.3) is 0 Å². The van der Waals surface area contributed by atoms with Gasteiger partial charge in [-0.3, -0.25) is 9.59 Å². The molecule has 6 heteroatoms. The summed E-state index contributed by atoms with van der Waals surface area (Å²) in [6.07, 6.45) is 15.0. The van der Waals surface area contributed by atoms with Crippen molar-refractivity contribution < 1.29 is 24.2 Å². The van der Waals surface area contributed by atoms with Crippen LogP contribution in [-0.2, 0) is 31.9 Å². The summed E-state index contributed by atoms with van der Waals surface area (Å²) in [4.78, 5) is 27.7. The lowest BCUT2D eigenvalue weighted by Gasteiger charge is -2.22. The Labute approximate surface area is 305 Å². The zero-order valence-electron chi connectivity index (χ0n) is 32.6. The molecular formula is C44H71NO5. The summed E-state index contributed by atoms with van der Waals surface area (Å²) in [5, 5.41) is 9.25. The maximum atomic E-state index is 12.6. The van der Waals surface area contributed by atoms with Gasteiger partial charge in [-0.05, 0) is 119 Å². The van der Waals surface area contributed by atoms with Gasteiger partial charge in [-0.1, -0.05) is 115 Å². The Kier molecular flexibility index (Phi) is 22.7. The van der Waals surface area contributed by atoms with Crippen LogP contribution in [0.2, 0.25) is 0 Å². The quantitative estimate of drug-likeness (QED) is 0.0706. The zero-order valence-corrected chi connectivity index (χ0v) is 32.6. The molecule has 0 saturated heterocycles. The second-order valence-electron chi connectivity index (χ2n) is 15.3. The van der Waals surface area contributed by atoms with Gasteiger partial charge in [0.05, 0.1) is 25.0 Å². The highest BCUT2D eigenvalue weighted by Gasteiger charge is 2.18. The topological polar surface area (TPSA) is 76.1 Å². The number of carbonyl (C=O) groups is 2. The highest BCUT2D eigenvalue weighted by Crippen LogP contribution is 2.21. The van der Waals surface area contributed by atoms with Gasteiger partial charge in [0.15, 0.2) is 0 Å². The third-order valence-electron chi connectivity index (χ3n) is 9.56. The van der Waals surface area contributed by atoms with E-state index in [1.54, 1.807) is 0 Å². The summed E-state index contributed by atoms with van der Waals surface area (Å²) in [5.74, 6) is 0.511. The monoisotopic (exact) mass is 694 g/mol. The molecule has 0 aliphatic heterocycles. The van der Waals surface area contributed by atoms with E-state index in [1.165, 1.54) is 36.8 Å². The summed E-state index contributed by atoms with van der Waals surface area (Å²) in [7, 11) is 0. The van der Waals surface area contributed by atoms with Crippen molar-refractivity contribution in [2.45, 2.75) is 143 Å². The molecule has 50 heavy (non-hydrogen) atoms. The number of benzene rings is 2. The predicted molar refractivity (Wildman–Crippen MR) is 208 cm³/mol. The fourth-order valence-corrected chi connectivity index (χ4v) is 6.41. The molecule has 0 fully saturated rings. The van der Waals surface area contributed by atoms with Crippen LogP contribution in [0.1, 0.15) is 153 Å². The summed E-state index contributed by atoms with van der Waals surface area (Å²) in [5.41, 5.74) is 4.67. The van der Waals surface area contributed by atoms with Crippen molar-refractivity contribution in [2.75, 3.05) is 39.5 Å². The van der Waals surface area contributed by atoms with E-state index in [1.807, 2.05) is 13.8 Å². The Hall–Kier alpha value is -2.70. The van der Waals surface area contributed by atoms with Crippen molar-refractivity contribution in [1.82, 2.24) is 4.90 Å². The van der Waals surface area contributed by atoms with E-state index in [0.717, 1.165) is 95.0 Å². The van der Waals surface area contributed by atoms with Crippen molar-refractivity contribution in [3.05, 3.63) is 70.8 Å². The van der Waals surface area contributed by atoms with Crippen molar-refractivity contribution in [3.63, 3.8) is 0 Å². The molecule has 0 radical (unpaired) electrons. The van der Waals surface area contributed by atoms with Gasteiger partial charge in [-0.15, -0.1) is 0 Å². The van der Waals surface area contributed by atoms with Crippen LogP contribution in [-0.4, -0.2) is 61.4 Å². The van der Waals surface area contributed by atoms with Crippen LogP contribution < -0.4 is 0 Å². The number of esters is 2. The Balaban J connectivity index is 1.52. The normalized spacial score (nSPS) is 12.8. The molecule has 2 rings (SSSR count). The van der Waals surface area contributed by atoms with Gasteiger partial charge >= 0.3 is 11.9 Å². The Morgan fingerprint density at radius 3 is 1.22 bits per heavy atom. The largest absolute Gasteiger partial charge is 0.465 e. The zero-order chi connectivity index (χ0) is 36.6. The lowest BCUT2D eigenvalue weighted by Crippen LogP contribution is -2.27. The average Bonchev–Trinajstić information content (AvgIpc) is 3.09. The minimum Gasteiger partial charge on any atom is -0.465 e. The number of rotatable bonds is 28. The van der Waals surface area contributed by atoms with Crippen molar-refractivity contribution >= 4 is 11.9 Å². The summed E-state index contributed by atoms with van der Waals surface area (Å²) >= 11 is 0. The summed E-state index contributed by atoms with van der Waals surface area (Å²) < 4.78 is 11.2. The molecule has 0 amide bonds. The number of hydrogen-bond donors (Lipinski definition) is 1. The molecule has 2 atom stereocenters. The Morgan fingerprint density at radius 2 is 0.860 bits per heavy atom. The molecule has 282 valence electrons. The van der Waals surface area contributed by atoms with E-state index in [4.69, 9.17) is 9.47 Å². The number of nitrogens with zero attached hydrogens (tertiary/aromatic N) is 1. The minimum absolute atomic E-state index is 0.132. The van der Waals surface area contributed by atoms with Crippen LogP contribution in [0, 0.1) is 11.8 Å². The molecule has 0 aromatic heterocycles.